The number of hydrogen-bond acceptors (Lipinski definition) is 3. The fourth-order valence-corrected chi connectivity index (χ4v) is 4.64. The highest BCUT2D eigenvalue weighted by molar-refractivity contribution is 5.81. The Morgan fingerprint density at radius 1 is 0.765 bits per heavy atom. The van der Waals surface area contributed by atoms with Crippen molar-refractivity contribution in [2.75, 3.05) is 0 Å². The molecule has 0 N–H and O–H groups in total. The van der Waals surface area contributed by atoms with Gasteiger partial charge < -0.3 is 0 Å². The highest BCUT2D eigenvalue weighted by Gasteiger charge is 2.16. The zero-order chi connectivity index (χ0) is 24.2. The zero-order valence-electron chi connectivity index (χ0n) is 20.7. The molecule has 0 aliphatic carbocycles. The highest BCUT2D eigenvalue weighted by Crippen LogP contribution is 2.34. The molecule has 170 valence electrons. The second-order valence-corrected chi connectivity index (χ2v) is 9.29. The molecule has 1 aromatic heterocycles. The summed E-state index contributed by atoms with van der Waals surface area (Å²) >= 11 is 0. The van der Waals surface area contributed by atoms with Crippen LogP contribution in [0, 0.1) is 39.0 Å². The standard InChI is InChI=1S/C31H31N3/c1-6-7-8-25-17-24(18-32)9-10-28(25)29-19-33-30(26-13-20(2)11-21(3)14-26)31(34-29)27-15-22(4)12-23(5)16-27/h9-17,19H,6-8H2,1-5H3. The summed E-state index contributed by atoms with van der Waals surface area (Å²) < 4.78 is 0. The Bertz CT molecular complexity index is 1350. The van der Waals surface area contributed by atoms with E-state index >= 15 is 0 Å². The van der Waals surface area contributed by atoms with Gasteiger partial charge in [0.1, 0.15) is 0 Å². The van der Waals surface area contributed by atoms with E-state index in [0.717, 1.165) is 58.6 Å². The molecule has 0 radical (unpaired) electrons. The average Bonchev–Trinajstić information content (AvgIpc) is 2.81. The molecule has 4 rings (SSSR count). The smallest absolute Gasteiger partial charge is 0.0991 e. The Hall–Kier alpha value is -3.77. The molecule has 0 aliphatic heterocycles. The second kappa shape index (κ2) is 10.0. The zero-order valence-corrected chi connectivity index (χ0v) is 20.7. The van der Waals surface area contributed by atoms with E-state index < -0.39 is 0 Å². The third-order valence-corrected chi connectivity index (χ3v) is 6.07. The molecule has 3 heteroatoms. The van der Waals surface area contributed by atoms with Gasteiger partial charge in [0.25, 0.3) is 0 Å². The molecule has 0 atom stereocenters. The van der Waals surface area contributed by atoms with Gasteiger partial charge >= 0.3 is 0 Å². The lowest BCUT2D eigenvalue weighted by molar-refractivity contribution is 0.795. The third-order valence-electron chi connectivity index (χ3n) is 6.07. The van der Waals surface area contributed by atoms with Gasteiger partial charge in [0.2, 0.25) is 0 Å². The Labute approximate surface area is 203 Å². The maximum Gasteiger partial charge on any atom is 0.0991 e. The number of unbranched alkanes of at least 4 members (excludes halogenated alkanes) is 1. The number of nitriles is 1. The van der Waals surface area contributed by atoms with Crippen LogP contribution in [0.2, 0.25) is 0 Å². The Balaban J connectivity index is 1.95. The molecule has 3 nitrogen and oxygen atoms in total. The van der Waals surface area contributed by atoms with Gasteiger partial charge in [-0.15, -0.1) is 0 Å². The number of benzene rings is 3. The van der Waals surface area contributed by atoms with E-state index in [0.29, 0.717) is 5.56 Å². The molecule has 0 fully saturated rings. The van der Waals surface area contributed by atoms with Gasteiger partial charge in [0, 0.05) is 16.7 Å². The molecule has 4 aromatic rings. The first-order chi connectivity index (χ1) is 16.4. The summed E-state index contributed by atoms with van der Waals surface area (Å²) in [6.45, 7) is 10.7. The topological polar surface area (TPSA) is 49.6 Å². The lowest BCUT2D eigenvalue weighted by Gasteiger charge is -2.15. The van der Waals surface area contributed by atoms with Crippen molar-refractivity contribution >= 4 is 0 Å². The van der Waals surface area contributed by atoms with Crippen LogP contribution in [-0.2, 0) is 6.42 Å². The SMILES string of the molecule is CCCCc1cc(C#N)ccc1-c1cnc(-c2cc(C)cc(C)c2)c(-c2cc(C)cc(C)c2)n1. The minimum atomic E-state index is 0.684. The molecular formula is C31H31N3. The normalized spacial score (nSPS) is 10.8. The maximum atomic E-state index is 9.42. The summed E-state index contributed by atoms with van der Waals surface area (Å²) in [5.41, 5.74) is 12.5. The predicted octanol–water partition coefficient (Wildman–Crippen LogP) is 7.93. The van der Waals surface area contributed by atoms with Crippen molar-refractivity contribution in [3.05, 3.63) is 94.2 Å². The first-order valence-electron chi connectivity index (χ1n) is 12.0. The van der Waals surface area contributed by atoms with Crippen LogP contribution in [0.15, 0.2) is 60.8 Å². The molecule has 1 heterocycles. The third kappa shape index (κ3) is 5.07. The molecule has 0 saturated heterocycles. The van der Waals surface area contributed by atoms with Crippen LogP contribution < -0.4 is 0 Å². The summed E-state index contributed by atoms with van der Waals surface area (Å²) in [6.07, 6.45) is 4.97. The Kier molecular flexibility index (Phi) is 6.89. The largest absolute Gasteiger partial charge is 0.252 e. The first kappa shape index (κ1) is 23.4. The molecule has 34 heavy (non-hydrogen) atoms. The van der Waals surface area contributed by atoms with Crippen molar-refractivity contribution in [2.24, 2.45) is 0 Å². The van der Waals surface area contributed by atoms with Crippen molar-refractivity contribution in [3.63, 3.8) is 0 Å². The van der Waals surface area contributed by atoms with Gasteiger partial charge in [0.15, 0.2) is 0 Å². The fraction of sp³-hybridized carbons (Fsp3) is 0.258. The van der Waals surface area contributed by atoms with E-state index in [1.807, 2.05) is 24.4 Å². The monoisotopic (exact) mass is 445 g/mol. The molecular weight excluding hydrogens is 414 g/mol. The molecule has 0 spiro atoms. The van der Waals surface area contributed by atoms with Crippen LogP contribution in [0.4, 0.5) is 0 Å². The highest BCUT2D eigenvalue weighted by atomic mass is 14.8. The van der Waals surface area contributed by atoms with Crippen LogP contribution in [0.1, 0.15) is 53.1 Å². The number of aromatic nitrogens is 2. The summed E-state index contributed by atoms with van der Waals surface area (Å²) in [5.74, 6) is 0. The summed E-state index contributed by atoms with van der Waals surface area (Å²) in [6, 6.07) is 21.3. The molecule has 0 amide bonds. The molecule has 0 aliphatic rings. The first-order valence-corrected chi connectivity index (χ1v) is 12.0. The maximum absolute atomic E-state index is 9.42. The van der Waals surface area contributed by atoms with E-state index in [4.69, 9.17) is 9.97 Å². The number of nitrogens with zero attached hydrogens (tertiary/aromatic N) is 3. The Morgan fingerprint density at radius 2 is 1.35 bits per heavy atom. The lowest BCUT2D eigenvalue weighted by Crippen LogP contribution is -2.00. The van der Waals surface area contributed by atoms with E-state index in [1.165, 1.54) is 22.3 Å². The van der Waals surface area contributed by atoms with Crippen molar-refractivity contribution in [1.82, 2.24) is 9.97 Å². The number of hydrogen-bond donors (Lipinski definition) is 0. The van der Waals surface area contributed by atoms with Crippen LogP contribution >= 0.6 is 0 Å². The van der Waals surface area contributed by atoms with Crippen LogP contribution in [0.5, 0.6) is 0 Å². The van der Waals surface area contributed by atoms with Crippen molar-refractivity contribution in [2.45, 2.75) is 53.9 Å². The van der Waals surface area contributed by atoms with Crippen LogP contribution in [-0.4, -0.2) is 9.97 Å². The fourth-order valence-electron chi connectivity index (χ4n) is 4.64. The Morgan fingerprint density at radius 3 is 1.91 bits per heavy atom. The van der Waals surface area contributed by atoms with Crippen molar-refractivity contribution in [3.8, 4) is 39.8 Å². The second-order valence-electron chi connectivity index (χ2n) is 9.29. The summed E-state index contributed by atoms with van der Waals surface area (Å²) in [4.78, 5) is 10.2. The molecule has 0 saturated carbocycles. The quantitative estimate of drug-likeness (QED) is 0.303. The summed E-state index contributed by atoms with van der Waals surface area (Å²) in [7, 11) is 0. The van der Waals surface area contributed by atoms with Crippen molar-refractivity contribution < 1.29 is 0 Å². The number of rotatable bonds is 6. The van der Waals surface area contributed by atoms with Gasteiger partial charge in [-0.2, -0.15) is 5.26 Å². The molecule has 0 unspecified atom stereocenters. The average molecular weight is 446 g/mol. The van der Waals surface area contributed by atoms with Gasteiger partial charge in [-0.1, -0.05) is 53.8 Å². The number of aryl methyl sites for hydroxylation is 5. The molecule has 0 bridgehead atoms. The predicted molar refractivity (Wildman–Crippen MR) is 141 cm³/mol. The lowest BCUT2D eigenvalue weighted by atomic mass is 9.96. The van der Waals surface area contributed by atoms with Crippen LogP contribution in [0.3, 0.4) is 0 Å². The minimum Gasteiger partial charge on any atom is -0.252 e. The van der Waals surface area contributed by atoms with Crippen LogP contribution in [0.25, 0.3) is 33.8 Å². The molecule has 3 aromatic carbocycles. The van der Waals surface area contributed by atoms with Gasteiger partial charge in [-0.05, 0) is 82.5 Å². The van der Waals surface area contributed by atoms with Gasteiger partial charge in [-0.25, -0.2) is 4.98 Å². The minimum absolute atomic E-state index is 0.684. The van der Waals surface area contributed by atoms with E-state index in [2.05, 4.69) is 77.1 Å². The van der Waals surface area contributed by atoms with Gasteiger partial charge in [0.05, 0.1) is 34.9 Å². The van der Waals surface area contributed by atoms with E-state index in [9.17, 15) is 5.26 Å². The van der Waals surface area contributed by atoms with E-state index in [1.54, 1.807) is 0 Å². The van der Waals surface area contributed by atoms with Crippen molar-refractivity contribution in [1.29, 1.82) is 5.26 Å². The van der Waals surface area contributed by atoms with Gasteiger partial charge in [-0.3, -0.25) is 4.98 Å². The summed E-state index contributed by atoms with van der Waals surface area (Å²) in [5, 5.41) is 9.42. The van der Waals surface area contributed by atoms with E-state index in [-0.39, 0.29) is 0 Å².